The molecule has 0 unspecified atom stereocenters. The van der Waals surface area contributed by atoms with Crippen molar-refractivity contribution in [1.29, 1.82) is 0 Å². The monoisotopic (exact) mass is 399 g/mol. The quantitative estimate of drug-likeness (QED) is 0.773. The highest BCUT2D eigenvalue weighted by atomic mass is 16.5. The summed E-state index contributed by atoms with van der Waals surface area (Å²) < 4.78 is 23.8. The molecule has 0 amide bonds. The maximum absolute atomic E-state index is 12.7. The lowest BCUT2D eigenvalue weighted by Crippen LogP contribution is -2.21. The highest BCUT2D eigenvalue weighted by molar-refractivity contribution is 5.97. The molecule has 0 aliphatic carbocycles. The van der Waals surface area contributed by atoms with Crippen molar-refractivity contribution in [2.24, 2.45) is 0 Å². The molecular weight excluding hydrogens is 374 g/mol. The molecule has 0 spiro atoms. The number of methoxy groups -OCH3 is 3. The van der Waals surface area contributed by atoms with E-state index >= 15 is 0 Å². The van der Waals surface area contributed by atoms with Gasteiger partial charge in [0.05, 0.1) is 38.3 Å². The third-order valence-corrected chi connectivity index (χ3v) is 5.38. The molecule has 2 aliphatic heterocycles. The molecule has 2 aromatic rings. The highest BCUT2D eigenvalue weighted by Crippen LogP contribution is 2.49. The summed E-state index contributed by atoms with van der Waals surface area (Å²) in [6.07, 6.45) is 0. The fourth-order valence-corrected chi connectivity index (χ4v) is 4.10. The number of carbonyl (C=O) groups is 1. The lowest BCUT2D eigenvalue weighted by molar-refractivity contribution is -0.136. The topological polar surface area (TPSA) is 83.8 Å². The molecule has 1 N–H and O–H groups in total. The first-order chi connectivity index (χ1) is 13.9. The number of aryl methyl sites for hydroxylation is 1. The SMILES string of the molecule is COc1cc([C@H]2C3=C(COC3=O)Nc3c2c(C)nn3C(C)C)cc(OC)c1OC. The number of esters is 1. The van der Waals surface area contributed by atoms with Crippen LogP contribution in [-0.4, -0.2) is 43.7 Å². The molecular formula is C21H25N3O5. The third-order valence-electron chi connectivity index (χ3n) is 5.38. The van der Waals surface area contributed by atoms with Crippen molar-refractivity contribution in [1.82, 2.24) is 9.78 Å². The summed E-state index contributed by atoms with van der Waals surface area (Å²) in [5, 5.41) is 8.11. The van der Waals surface area contributed by atoms with E-state index in [1.54, 1.807) is 21.3 Å². The van der Waals surface area contributed by atoms with Crippen molar-refractivity contribution in [3.8, 4) is 17.2 Å². The Hall–Kier alpha value is -3.16. The van der Waals surface area contributed by atoms with Crippen LogP contribution in [0.5, 0.6) is 17.2 Å². The van der Waals surface area contributed by atoms with Gasteiger partial charge in [-0.25, -0.2) is 9.48 Å². The molecule has 1 aromatic carbocycles. The van der Waals surface area contributed by atoms with Gasteiger partial charge in [-0.05, 0) is 38.5 Å². The maximum Gasteiger partial charge on any atom is 0.337 e. The zero-order valence-corrected chi connectivity index (χ0v) is 17.5. The molecule has 2 aliphatic rings. The zero-order chi connectivity index (χ0) is 20.9. The van der Waals surface area contributed by atoms with Gasteiger partial charge in [0.1, 0.15) is 12.4 Å². The van der Waals surface area contributed by atoms with E-state index in [1.165, 1.54) is 0 Å². The Bertz CT molecular complexity index is 997. The summed E-state index contributed by atoms with van der Waals surface area (Å²) in [6, 6.07) is 3.92. The fourth-order valence-electron chi connectivity index (χ4n) is 4.10. The Morgan fingerprint density at radius 1 is 1.17 bits per heavy atom. The van der Waals surface area contributed by atoms with Crippen molar-refractivity contribution in [2.45, 2.75) is 32.7 Å². The summed E-state index contributed by atoms with van der Waals surface area (Å²) in [5.41, 5.74) is 4.01. The number of hydrogen-bond donors (Lipinski definition) is 1. The van der Waals surface area contributed by atoms with Gasteiger partial charge in [-0.3, -0.25) is 0 Å². The molecule has 154 valence electrons. The molecule has 29 heavy (non-hydrogen) atoms. The van der Waals surface area contributed by atoms with Crippen LogP contribution in [0.1, 0.15) is 42.6 Å². The molecule has 0 bridgehead atoms. The average Bonchev–Trinajstić information content (AvgIpc) is 3.25. The molecule has 0 radical (unpaired) electrons. The molecule has 1 atom stereocenters. The van der Waals surface area contributed by atoms with Gasteiger partial charge >= 0.3 is 5.97 Å². The zero-order valence-electron chi connectivity index (χ0n) is 17.5. The molecule has 4 rings (SSSR count). The van der Waals surface area contributed by atoms with Crippen LogP contribution >= 0.6 is 0 Å². The molecule has 0 saturated carbocycles. The molecule has 0 saturated heterocycles. The minimum absolute atomic E-state index is 0.158. The third kappa shape index (κ3) is 2.82. The molecule has 8 nitrogen and oxygen atoms in total. The van der Waals surface area contributed by atoms with Crippen LogP contribution in [-0.2, 0) is 9.53 Å². The van der Waals surface area contributed by atoms with Gasteiger partial charge in [-0.15, -0.1) is 0 Å². The second-order valence-electron chi connectivity index (χ2n) is 7.37. The van der Waals surface area contributed by atoms with Gasteiger partial charge in [0.2, 0.25) is 5.75 Å². The average molecular weight is 399 g/mol. The Balaban J connectivity index is 1.99. The number of fused-ring (bicyclic) bond motifs is 1. The van der Waals surface area contributed by atoms with E-state index in [2.05, 4.69) is 19.2 Å². The number of ether oxygens (including phenoxy) is 4. The maximum atomic E-state index is 12.7. The van der Waals surface area contributed by atoms with Gasteiger partial charge in [0.25, 0.3) is 0 Å². The van der Waals surface area contributed by atoms with E-state index in [4.69, 9.17) is 24.0 Å². The molecule has 8 heteroatoms. The number of hydrogen-bond acceptors (Lipinski definition) is 7. The lowest BCUT2D eigenvalue weighted by atomic mass is 9.81. The van der Waals surface area contributed by atoms with E-state index in [9.17, 15) is 4.79 Å². The second-order valence-corrected chi connectivity index (χ2v) is 7.37. The predicted octanol–water partition coefficient (Wildman–Crippen LogP) is 3.17. The van der Waals surface area contributed by atoms with Gasteiger partial charge < -0.3 is 24.3 Å². The number of nitrogens with zero attached hydrogens (tertiary/aromatic N) is 2. The van der Waals surface area contributed by atoms with Crippen molar-refractivity contribution >= 4 is 11.8 Å². The number of cyclic esters (lactones) is 1. The van der Waals surface area contributed by atoms with Crippen molar-refractivity contribution < 1.29 is 23.7 Å². The summed E-state index contributed by atoms with van der Waals surface area (Å²) >= 11 is 0. The van der Waals surface area contributed by atoms with Crippen LogP contribution in [0.25, 0.3) is 0 Å². The minimum atomic E-state index is -0.350. The fraction of sp³-hybridized carbons (Fsp3) is 0.429. The van der Waals surface area contributed by atoms with Crippen molar-refractivity contribution in [3.63, 3.8) is 0 Å². The summed E-state index contributed by atoms with van der Waals surface area (Å²) in [6.45, 7) is 6.32. The number of benzene rings is 1. The molecule has 3 heterocycles. The number of carbonyl (C=O) groups excluding carboxylic acids is 1. The van der Waals surface area contributed by atoms with E-state index in [0.29, 0.717) is 22.8 Å². The Labute approximate surface area is 169 Å². The first-order valence-corrected chi connectivity index (χ1v) is 9.47. The van der Waals surface area contributed by atoms with Crippen molar-refractivity contribution in [3.05, 3.63) is 40.2 Å². The van der Waals surface area contributed by atoms with Crippen LogP contribution in [0, 0.1) is 6.92 Å². The predicted molar refractivity (Wildman–Crippen MR) is 107 cm³/mol. The largest absolute Gasteiger partial charge is 0.493 e. The van der Waals surface area contributed by atoms with Crippen LogP contribution in [0.3, 0.4) is 0 Å². The van der Waals surface area contributed by atoms with E-state index in [-0.39, 0.29) is 24.5 Å². The Kier molecular flexibility index (Phi) is 4.64. The van der Waals surface area contributed by atoms with E-state index < -0.39 is 0 Å². The number of anilines is 1. The van der Waals surface area contributed by atoms with Gasteiger partial charge in [-0.1, -0.05) is 0 Å². The standard InChI is InChI=1S/C21H25N3O5/c1-10(2)24-20-16(11(3)23-24)17(18-13(22-20)9-29-21(18)25)12-7-14(26-4)19(28-6)15(8-12)27-5/h7-8,10,17,22H,9H2,1-6H3/t17-/m1/s1. The Morgan fingerprint density at radius 2 is 1.83 bits per heavy atom. The number of nitrogens with one attached hydrogen (secondary N) is 1. The number of rotatable bonds is 5. The summed E-state index contributed by atoms with van der Waals surface area (Å²) in [7, 11) is 4.71. The second kappa shape index (κ2) is 7.02. The van der Waals surface area contributed by atoms with Gasteiger partial charge in [-0.2, -0.15) is 5.10 Å². The van der Waals surface area contributed by atoms with Crippen molar-refractivity contribution in [2.75, 3.05) is 33.3 Å². The highest BCUT2D eigenvalue weighted by Gasteiger charge is 2.42. The summed E-state index contributed by atoms with van der Waals surface area (Å²) in [5.74, 6) is 1.78. The lowest BCUT2D eigenvalue weighted by Gasteiger charge is -2.27. The van der Waals surface area contributed by atoms with Crippen LogP contribution in [0.2, 0.25) is 0 Å². The normalized spacial score (nSPS) is 17.6. The van der Waals surface area contributed by atoms with Crippen LogP contribution in [0.4, 0.5) is 5.82 Å². The van der Waals surface area contributed by atoms with Crippen LogP contribution in [0.15, 0.2) is 23.4 Å². The smallest absolute Gasteiger partial charge is 0.337 e. The first-order valence-electron chi connectivity index (χ1n) is 9.47. The van der Waals surface area contributed by atoms with E-state index in [1.807, 2.05) is 23.7 Å². The first kappa shape index (κ1) is 19.2. The number of aromatic nitrogens is 2. The Morgan fingerprint density at radius 3 is 2.38 bits per heavy atom. The molecule has 1 aromatic heterocycles. The van der Waals surface area contributed by atoms with E-state index in [0.717, 1.165) is 28.3 Å². The van der Waals surface area contributed by atoms with Gasteiger partial charge in [0, 0.05) is 17.5 Å². The minimum Gasteiger partial charge on any atom is -0.493 e. The molecule has 0 fully saturated rings. The van der Waals surface area contributed by atoms with Gasteiger partial charge in [0.15, 0.2) is 11.5 Å². The summed E-state index contributed by atoms with van der Waals surface area (Å²) in [4.78, 5) is 12.7. The van der Waals surface area contributed by atoms with Crippen LogP contribution < -0.4 is 19.5 Å².